The van der Waals surface area contributed by atoms with Crippen LogP contribution in [0.1, 0.15) is 44.1 Å². The van der Waals surface area contributed by atoms with Crippen molar-refractivity contribution in [2.75, 3.05) is 37.5 Å². The van der Waals surface area contributed by atoms with Gasteiger partial charge in [-0.2, -0.15) is 0 Å². The summed E-state index contributed by atoms with van der Waals surface area (Å²) in [5, 5.41) is 3.70. The minimum atomic E-state index is -0.0836. The van der Waals surface area contributed by atoms with Gasteiger partial charge in [-0.25, -0.2) is 0 Å². The molecule has 0 spiro atoms. The molecular formula is C20H33N3O2. The highest BCUT2D eigenvalue weighted by atomic mass is 16.7. The number of methoxy groups -OCH3 is 2. The van der Waals surface area contributed by atoms with Crippen molar-refractivity contribution in [3.63, 3.8) is 0 Å². The quantitative estimate of drug-likeness (QED) is 0.741. The molecule has 140 valence electrons. The highest BCUT2D eigenvalue weighted by molar-refractivity contribution is 5.61. The minimum absolute atomic E-state index is 0.0836. The largest absolute Gasteiger partial charge is 0.382 e. The van der Waals surface area contributed by atoms with E-state index in [-0.39, 0.29) is 6.29 Å². The van der Waals surface area contributed by atoms with Crippen LogP contribution in [0.15, 0.2) is 18.2 Å². The van der Waals surface area contributed by atoms with Crippen molar-refractivity contribution in [2.24, 2.45) is 11.7 Å². The van der Waals surface area contributed by atoms with E-state index in [1.54, 1.807) is 14.2 Å². The molecule has 3 rings (SSSR count). The topological polar surface area (TPSA) is 59.8 Å². The van der Waals surface area contributed by atoms with Gasteiger partial charge in [0.05, 0.1) is 0 Å². The number of nitrogens with two attached hydrogens (primary N) is 1. The van der Waals surface area contributed by atoms with E-state index in [2.05, 4.69) is 28.4 Å². The Morgan fingerprint density at radius 1 is 1.12 bits per heavy atom. The molecule has 0 aromatic heterocycles. The Balaban J connectivity index is 1.63. The number of hydrogen-bond acceptors (Lipinski definition) is 5. The predicted octanol–water partition coefficient (Wildman–Crippen LogP) is 3.34. The van der Waals surface area contributed by atoms with Gasteiger partial charge >= 0.3 is 0 Å². The van der Waals surface area contributed by atoms with Crippen LogP contribution in [0, 0.1) is 5.92 Å². The van der Waals surface area contributed by atoms with Gasteiger partial charge in [0.1, 0.15) is 0 Å². The Bertz CT molecular complexity index is 534. The first-order chi connectivity index (χ1) is 12.2. The Labute approximate surface area is 151 Å². The molecule has 1 saturated heterocycles. The number of anilines is 2. The summed E-state index contributed by atoms with van der Waals surface area (Å²) < 4.78 is 10.9. The molecule has 3 N–H and O–H groups in total. The van der Waals surface area contributed by atoms with Gasteiger partial charge in [0.25, 0.3) is 0 Å². The van der Waals surface area contributed by atoms with E-state index in [0.717, 1.165) is 25.9 Å². The Hall–Kier alpha value is -1.30. The van der Waals surface area contributed by atoms with Crippen molar-refractivity contribution in [2.45, 2.75) is 57.4 Å². The van der Waals surface area contributed by atoms with E-state index < -0.39 is 0 Å². The molecule has 0 radical (unpaired) electrons. The number of nitrogens with one attached hydrogen (secondary N) is 1. The Morgan fingerprint density at radius 3 is 2.40 bits per heavy atom. The second-order valence-electron chi connectivity index (χ2n) is 7.34. The summed E-state index contributed by atoms with van der Waals surface area (Å²) in [6.45, 7) is 2.65. The molecule has 1 aromatic carbocycles. The zero-order valence-corrected chi connectivity index (χ0v) is 15.7. The van der Waals surface area contributed by atoms with Crippen molar-refractivity contribution in [3.05, 3.63) is 23.8 Å². The summed E-state index contributed by atoms with van der Waals surface area (Å²) in [5.41, 5.74) is 9.74. The maximum Gasteiger partial charge on any atom is 0.159 e. The van der Waals surface area contributed by atoms with Crippen LogP contribution < -0.4 is 16.0 Å². The smallest absolute Gasteiger partial charge is 0.159 e. The lowest BCUT2D eigenvalue weighted by Gasteiger charge is -2.36. The van der Waals surface area contributed by atoms with Crippen LogP contribution in [0.4, 0.5) is 11.4 Å². The minimum Gasteiger partial charge on any atom is -0.382 e. The van der Waals surface area contributed by atoms with E-state index in [9.17, 15) is 0 Å². The molecule has 1 aliphatic carbocycles. The fourth-order valence-corrected chi connectivity index (χ4v) is 4.29. The molecule has 0 amide bonds. The van der Waals surface area contributed by atoms with Crippen molar-refractivity contribution in [1.29, 1.82) is 0 Å². The van der Waals surface area contributed by atoms with E-state index in [1.807, 2.05) is 0 Å². The predicted molar refractivity (Wildman–Crippen MR) is 103 cm³/mol. The van der Waals surface area contributed by atoms with Crippen LogP contribution in [0.2, 0.25) is 0 Å². The summed E-state index contributed by atoms with van der Waals surface area (Å²) in [6.07, 6.45) is 7.33. The highest BCUT2D eigenvalue weighted by Crippen LogP contribution is 2.30. The van der Waals surface area contributed by atoms with Gasteiger partial charge in [0.2, 0.25) is 0 Å². The molecule has 2 aliphatic rings. The number of piperidine rings is 1. The molecule has 0 bridgehead atoms. The van der Waals surface area contributed by atoms with Crippen molar-refractivity contribution in [1.82, 2.24) is 0 Å². The molecule has 25 heavy (non-hydrogen) atoms. The summed E-state index contributed by atoms with van der Waals surface area (Å²) in [7, 11) is 3.45. The molecule has 1 saturated carbocycles. The van der Waals surface area contributed by atoms with Crippen molar-refractivity contribution >= 4 is 11.4 Å². The zero-order valence-electron chi connectivity index (χ0n) is 15.7. The third-order valence-corrected chi connectivity index (χ3v) is 5.78. The van der Waals surface area contributed by atoms with Gasteiger partial charge in [-0.15, -0.1) is 0 Å². The molecule has 5 nitrogen and oxygen atoms in total. The first kappa shape index (κ1) is 18.5. The molecule has 0 unspecified atom stereocenters. The molecule has 2 fully saturated rings. The van der Waals surface area contributed by atoms with Gasteiger partial charge in [-0.05, 0) is 49.4 Å². The zero-order chi connectivity index (χ0) is 17.6. The lowest BCUT2D eigenvalue weighted by Crippen LogP contribution is -2.39. The van der Waals surface area contributed by atoms with Crippen molar-refractivity contribution < 1.29 is 9.47 Å². The molecule has 1 aliphatic heterocycles. The number of rotatable bonds is 7. The van der Waals surface area contributed by atoms with Gasteiger partial charge in [0.15, 0.2) is 6.29 Å². The van der Waals surface area contributed by atoms with Gasteiger partial charge in [-0.1, -0.05) is 12.8 Å². The summed E-state index contributed by atoms with van der Waals surface area (Å²) in [6, 6.07) is 7.34. The fourth-order valence-electron chi connectivity index (χ4n) is 4.29. The first-order valence-electron chi connectivity index (χ1n) is 9.65. The number of hydrogen-bond donors (Lipinski definition) is 2. The third kappa shape index (κ3) is 4.46. The average Bonchev–Trinajstić information content (AvgIpc) is 3.17. The SMILES string of the molecule is COC(OC)C1CCN(c2ccc(NC3CCCC3)c(CN)c2)CC1. The molecule has 1 heterocycles. The molecule has 0 atom stereocenters. The maximum absolute atomic E-state index is 6.03. The number of ether oxygens (including phenoxy) is 2. The van der Waals surface area contributed by atoms with Gasteiger partial charge in [-0.3, -0.25) is 0 Å². The van der Waals surface area contributed by atoms with E-state index in [4.69, 9.17) is 15.2 Å². The number of nitrogens with zero attached hydrogens (tertiary/aromatic N) is 1. The van der Waals surface area contributed by atoms with Crippen LogP contribution >= 0.6 is 0 Å². The van der Waals surface area contributed by atoms with E-state index in [1.165, 1.54) is 42.6 Å². The van der Waals surface area contributed by atoms with Crippen LogP contribution in [-0.4, -0.2) is 39.6 Å². The monoisotopic (exact) mass is 347 g/mol. The molecular weight excluding hydrogens is 314 g/mol. The summed E-state index contributed by atoms with van der Waals surface area (Å²) >= 11 is 0. The van der Waals surface area contributed by atoms with Crippen molar-refractivity contribution in [3.8, 4) is 0 Å². The average molecular weight is 348 g/mol. The lowest BCUT2D eigenvalue weighted by molar-refractivity contribution is -0.141. The Kier molecular flexibility index (Phi) is 6.57. The normalized spacial score (nSPS) is 19.8. The number of benzene rings is 1. The second-order valence-corrected chi connectivity index (χ2v) is 7.34. The van der Waals surface area contributed by atoms with Gasteiger partial charge in [0, 0.05) is 57.2 Å². The fraction of sp³-hybridized carbons (Fsp3) is 0.700. The molecule has 5 heteroatoms. The van der Waals surface area contributed by atoms with Gasteiger partial charge < -0.3 is 25.4 Å². The van der Waals surface area contributed by atoms with Crippen LogP contribution in [0.3, 0.4) is 0 Å². The van der Waals surface area contributed by atoms with Crippen LogP contribution in [0.5, 0.6) is 0 Å². The Morgan fingerprint density at radius 2 is 1.80 bits per heavy atom. The summed E-state index contributed by atoms with van der Waals surface area (Å²) in [5.74, 6) is 0.475. The standard InChI is InChI=1S/C20H33N3O2/c1-24-20(25-2)15-9-11-23(12-10-15)18-7-8-19(16(13-18)14-21)22-17-5-3-4-6-17/h7-8,13,15,17,20,22H,3-6,9-12,14,21H2,1-2H3. The first-order valence-corrected chi connectivity index (χ1v) is 9.65. The van der Waals surface area contributed by atoms with Crippen LogP contribution in [-0.2, 0) is 16.0 Å². The third-order valence-electron chi connectivity index (χ3n) is 5.78. The lowest BCUT2D eigenvalue weighted by atomic mass is 9.95. The van der Waals surface area contributed by atoms with E-state index in [0.29, 0.717) is 18.5 Å². The second kappa shape index (κ2) is 8.88. The maximum atomic E-state index is 6.03. The van der Waals surface area contributed by atoms with Crippen LogP contribution in [0.25, 0.3) is 0 Å². The van der Waals surface area contributed by atoms with E-state index >= 15 is 0 Å². The summed E-state index contributed by atoms with van der Waals surface area (Å²) in [4.78, 5) is 2.46. The highest BCUT2D eigenvalue weighted by Gasteiger charge is 2.27. The molecule has 1 aromatic rings.